The molecule has 110 valence electrons. The number of nitrogens with zero attached hydrogens (tertiary/aromatic N) is 1. The molecule has 0 atom stereocenters. The van der Waals surface area contributed by atoms with E-state index in [4.69, 9.17) is 23.2 Å². The predicted octanol–water partition coefficient (Wildman–Crippen LogP) is 4.11. The molecule has 0 aromatic heterocycles. The van der Waals surface area contributed by atoms with Gasteiger partial charge in [0.15, 0.2) is 0 Å². The second-order valence-corrected chi connectivity index (χ2v) is 5.37. The van der Waals surface area contributed by atoms with E-state index in [0.717, 1.165) is 0 Å². The van der Waals surface area contributed by atoms with Crippen LogP contribution in [0.5, 0.6) is 5.75 Å². The first-order valence-corrected chi connectivity index (χ1v) is 6.82. The number of halogens is 3. The van der Waals surface area contributed by atoms with E-state index in [1.165, 1.54) is 42.3 Å². The number of hydrogen-bond acceptors (Lipinski definition) is 2. The van der Waals surface area contributed by atoms with E-state index >= 15 is 0 Å². The highest BCUT2D eigenvalue weighted by Gasteiger charge is 2.18. The molecule has 21 heavy (non-hydrogen) atoms. The maximum absolute atomic E-state index is 13.7. The van der Waals surface area contributed by atoms with Crippen molar-refractivity contribution in [2.24, 2.45) is 0 Å². The van der Waals surface area contributed by atoms with Crippen molar-refractivity contribution < 1.29 is 14.3 Å². The number of hydrogen-bond donors (Lipinski definition) is 1. The number of rotatable bonds is 3. The van der Waals surface area contributed by atoms with Crippen LogP contribution in [0.4, 0.5) is 4.39 Å². The molecule has 0 bridgehead atoms. The van der Waals surface area contributed by atoms with Crippen molar-refractivity contribution in [1.82, 2.24) is 4.90 Å². The van der Waals surface area contributed by atoms with Crippen LogP contribution in [0.3, 0.4) is 0 Å². The Bertz CT molecular complexity index is 671. The maximum Gasteiger partial charge on any atom is 0.257 e. The SMILES string of the molecule is CN(Cc1c(F)cccc1Cl)C(=O)c1cc(Cl)ccc1O. The summed E-state index contributed by atoms with van der Waals surface area (Å²) in [6, 6.07) is 8.48. The number of benzene rings is 2. The molecule has 1 N–H and O–H groups in total. The zero-order valence-electron chi connectivity index (χ0n) is 11.1. The Labute approximate surface area is 131 Å². The average Bonchev–Trinajstić information content (AvgIpc) is 2.44. The lowest BCUT2D eigenvalue weighted by Gasteiger charge is -2.19. The van der Waals surface area contributed by atoms with Gasteiger partial charge < -0.3 is 10.0 Å². The van der Waals surface area contributed by atoms with Crippen molar-refractivity contribution in [2.45, 2.75) is 6.54 Å². The molecule has 1 amide bonds. The van der Waals surface area contributed by atoms with Gasteiger partial charge in [-0.2, -0.15) is 0 Å². The molecule has 0 saturated carbocycles. The highest BCUT2D eigenvalue weighted by atomic mass is 35.5. The number of phenolic OH excluding ortho intramolecular Hbond substituents is 1. The summed E-state index contributed by atoms with van der Waals surface area (Å²) in [4.78, 5) is 13.5. The summed E-state index contributed by atoms with van der Waals surface area (Å²) in [6.45, 7) is -0.0176. The molecule has 0 aliphatic rings. The van der Waals surface area contributed by atoms with E-state index in [-0.39, 0.29) is 28.4 Å². The topological polar surface area (TPSA) is 40.5 Å². The van der Waals surface area contributed by atoms with Crippen LogP contribution in [0.1, 0.15) is 15.9 Å². The molecule has 0 heterocycles. The number of phenols is 1. The number of carbonyl (C=O) groups is 1. The lowest BCUT2D eigenvalue weighted by atomic mass is 10.1. The molecular weight excluding hydrogens is 316 g/mol. The van der Waals surface area contributed by atoms with Gasteiger partial charge in [0.2, 0.25) is 0 Å². The normalized spacial score (nSPS) is 10.5. The summed E-state index contributed by atoms with van der Waals surface area (Å²) in [6.07, 6.45) is 0. The van der Waals surface area contributed by atoms with Gasteiger partial charge in [-0.25, -0.2) is 4.39 Å². The zero-order chi connectivity index (χ0) is 15.6. The fraction of sp³-hybridized carbons (Fsp3) is 0.133. The Morgan fingerprint density at radius 3 is 2.67 bits per heavy atom. The summed E-state index contributed by atoms with van der Waals surface area (Å²) in [7, 11) is 1.49. The molecule has 0 radical (unpaired) electrons. The lowest BCUT2D eigenvalue weighted by Crippen LogP contribution is -2.26. The van der Waals surface area contributed by atoms with E-state index < -0.39 is 11.7 Å². The first kappa shape index (κ1) is 15.6. The summed E-state index contributed by atoms with van der Waals surface area (Å²) in [5.74, 6) is -1.15. The van der Waals surface area contributed by atoms with Crippen LogP contribution < -0.4 is 0 Å². The van der Waals surface area contributed by atoms with Crippen LogP contribution in [-0.4, -0.2) is 23.0 Å². The predicted molar refractivity (Wildman–Crippen MR) is 80.3 cm³/mol. The van der Waals surface area contributed by atoms with Crippen LogP contribution in [0.15, 0.2) is 36.4 Å². The standard InChI is InChI=1S/C15H12Cl2FNO2/c1-19(8-11-12(17)3-2-4-13(11)18)15(21)10-7-9(16)5-6-14(10)20/h2-7,20H,8H2,1H3. The van der Waals surface area contributed by atoms with Gasteiger partial charge in [-0.1, -0.05) is 29.3 Å². The fourth-order valence-corrected chi connectivity index (χ4v) is 2.27. The Balaban J connectivity index is 2.26. The zero-order valence-corrected chi connectivity index (χ0v) is 12.6. The molecular formula is C15H12Cl2FNO2. The lowest BCUT2D eigenvalue weighted by molar-refractivity contribution is 0.0781. The molecule has 6 heteroatoms. The van der Waals surface area contributed by atoms with E-state index in [9.17, 15) is 14.3 Å². The van der Waals surface area contributed by atoms with Crippen LogP contribution >= 0.6 is 23.2 Å². The Morgan fingerprint density at radius 2 is 2.00 bits per heavy atom. The van der Waals surface area contributed by atoms with Crippen molar-refractivity contribution in [1.29, 1.82) is 0 Å². The van der Waals surface area contributed by atoms with Gasteiger partial charge in [0.05, 0.1) is 5.56 Å². The minimum Gasteiger partial charge on any atom is -0.507 e. The smallest absolute Gasteiger partial charge is 0.257 e. The average molecular weight is 328 g/mol. The van der Waals surface area contributed by atoms with Gasteiger partial charge in [-0.15, -0.1) is 0 Å². The summed E-state index contributed by atoms with van der Waals surface area (Å²) < 4.78 is 13.7. The van der Waals surface area contributed by atoms with Crippen LogP contribution in [-0.2, 0) is 6.54 Å². The Morgan fingerprint density at radius 1 is 1.29 bits per heavy atom. The van der Waals surface area contributed by atoms with Gasteiger partial charge >= 0.3 is 0 Å². The molecule has 3 nitrogen and oxygen atoms in total. The van der Waals surface area contributed by atoms with E-state index in [0.29, 0.717) is 5.02 Å². The molecule has 0 spiro atoms. The monoisotopic (exact) mass is 327 g/mol. The molecule has 0 unspecified atom stereocenters. The maximum atomic E-state index is 13.7. The number of carbonyl (C=O) groups excluding carboxylic acids is 1. The van der Waals surface area contributed by atoms with E-state index in [2.05, 4.69) is 0 Å². The molecule has 2 rings (SSSR count). The number of amides is 1. The van der Waals surface area contributed by atoms with Crippen LogP contribution in [0.25, 0.3) is 0 Å². The molecule has 2 aromatic rings. The molecule has 0 aliphatic carbocycles. The molecule has 0 fully saturated rings. The molecule has 0 aliphatic heterocycles. The van der Waals surface area contributed by atoms with Crippen molar-refractivity contribution in [3.05, 3.63) is 63.4 Å². The first-order chi connectivity index (χ1) is 9.90. The van der Waals surface area contributed by atoms with Crippen molar-refractivity contribution in [3.63, 3.8) is 0 Å². The van der Waals surface area contributed by atoms with Gasteiger partial charge in [-0.05, 0) is 30.3 Å². The second kappa shape index (κ2) is 6.33. The third-order valence-electron chi connectivity index (χ3n) is 2.99. The highest BCUT2D eigenvalue weighted by Crippen LogP contribution is 2.25. The summed E-state index contributed by atoms with van der Waals surface area (Å²) >= 11 is 11.7. The number of aromatic hydroxyl groups is 1. The molecule has 2 aromatic carbocycles. The van der Waals surface area contributed by atoms with Gasteiger partial charge in [-0.3, -0.25) is 4.79 Å². The van der Waals surface area contributed by atoms with Crippen LogP contribution in [0.2, 0.25) is 10.0 Å². The Kier molecular flexibility index (Phi) is 4.70. The second-order valence-electron chi connectivity index (χ2n) is 4.52. The largest absolute Gasteiger partial charge is 0.507 e. The van der Waals surface area contributed by atoms with E-state index in [1.54, 1.807) is 6.07 Å². The van der Waals surface area contributed by atoms with Gasteiger partial charge in [0.25, 0.3) is 5.91 Å². The van der Waals surface area contributed by atoms with Gasteiger partial charge in [0, 0.05) is 29.2 Å². The highest BCUT2D eigenvalue weighted by molar-refractivity contribution is 6.31. The first-order valence-electron chi connectivity index (χ1n) is 6.07. The minimum atomic E-state index is -0.488. The van der Waals surface area contributed by atoms with Crippen molar-refractivity contribution in [2.75, 3.05) is 7.05 Å². The van der Waals surface area contributed by atoms with Crippen molar-refractivity contribution in [3.8, 4) is 5.75 Å². The summed E-state index contributed by atoms with van der Waals surface area (Å²) in [5.41, 5.74) is 0.272. The van der Waals surface area contributed by atoms with Gasteiger partial charge in [0.1, 0.15) is 11.6 Å². The third kappa shape index (κ3) is 3.46. The fourth-order valence-electron chi connectivity index (χ4n) is 1.88. The van der Waals surface area contributed by atoms with Crippen molar-refractivity contribution >= 4 is 29.1 Å². The van der Waals surface area contributed by atoms with E-state index in [1.807, 2.05) is 0 Å². The summed E-state index contributed by atoms with van der Waals surface area (Å²) in [5, 5.41) is 10.3. The molecule has 0 saturated heterocycles. The van der Waals surface area contributed by atoms with Crippen LogP contribution in [0, 0.1) is 5.82 Å². The minimum absolute atomic E-state index is 0.0176. The quantitative estimate of drug-likeness (QED) is 0.921. The Hall–Kier alpha value is -1.78. The third-order valence-corrected chi connectivity index (χ3v) is 3.58.